The monoisotopic (exact) mass is 439 g/mol. The second kappa shape index (κ2) is 6.83. The Balaban J connectivity index is 1.76. The lowest BCUT2D eigenvalue weighted by Crippen LogP contribution is -2.52. The Morgan fingerprint density at radius 2 is 1.66 bits per heavy atom. The van der Waals surface area contributed by atoms with Crippen LogP contribution in [-0.2, 0) is 33.4 Å². The Kier molecular flexibility index (Phi) is 4.68. The van der Waals surface area contributed by atoms with E-state index in [9.17, 15) is 19.2 Å². The standard InChI is InChI=1S/C19H15Cl2NO7/c1-8(23)27-18(28-9(2)24)19-4-3-13(29-19)14-15(19)17(26)22(16(14)25)12-6-10(20)5-11(21)7-12/h3-7,13-15,18H,1-2H3/t13-,14-,15+,19+/m1/s1. The van der Waals surface area contributed by atoms with Crippen LogP contribution in [0.25, 0.3) is 0 Å². The molecule has 8 nitrogen and oxygen atoms in total. The van der Waals surface area contributed by atoms with E-state index in [0.717, 1.165) is 18.7 Å². The number of imide groups is 1. The predicted molar refractivity (Wildman–Crippen MR) is 100.0 cm³/mol. The summed E-state index contributed by atoms with van der Waals surface area (Å²) in [5.74, 6) is -4.46. The molecule has 2 amide bonds. The third kappa shape index (κ3) is 3.02. The first-order valence-electron chi connectivity index (χ1n) is 8.69. The highest BCUT2D eigenvalue weighted by molar-refractivity contribution is 6.35. The van der Waals surface area contributed by atoms with E-state index >= 15 is 0 Å². The van der Waals surface area contributed by atoms with Gasteiger partial charge >= 0.3 is 11.9 Å². The van der Waals surface area contributed by atoms with E-state index in [1.807, 2.05) is 0 Å². The highest BCUT2D eigenvalue weighted by atomic mass is 35.5. The van der Waals surface area contributed by atoms with Crippen molar-refractivity contribution in [2.24, 2.45) is 11.8 Å². The van der Waals surface area contributed by atoms with E-state index in [2.05, 4.69) is 0 Å². The quantitative estimate of drug-likeness (QED) is 0.307. The number of carbonyl (C=O) groups is 4. The van der Waals surface area contributed by atoms with Gasteiger partial charge in [0.15, 0.2) is 5.60 Å². The van der Waals surface area contributed by atoms with E-state index in [4.69, 9.17) is 37.4 Å². The lowest BCUT2D eigenvalue weighted by Gasteiger charge is -2.34. The maximum atomic E-state index is 13.3. The number of fused-ring (bicyclic) bond motifs is 5. The van der Waals surface area contributed by atoms with Gasteiger partial charge in [-0.25, -0.2) is 4.90 Å². The summed E-state index contributed by atoms with van der Waals surface area (Å²) in [6, 6.07) is 4.37. The van der Waals surface area contributed by atoms with Gasteiger partial charge in [0, 0.05) is 23.9 Å². The zero-order valence-corrected chi connectivity index (χ0v) is 16.8. The average molecular weight is 440 g/mol. The van der Waals surface area contributed by atoms with Gasteiger partial charge in [0.25, 0.3) is 6.29 Å². The Morgan fingerprint density at radius 1 is 1.07 bits per heavy atom. The molecule has 4 atom stereocenters. The highest BCUT2D eigenvalue weighted by Gasteiger charge is 2.72. The van der Waals surface area contributed by atoms with Crippen molar-refractivity contribution in [2.45, 2.75) is 31.8 Å². The molecule has 4 rings (SSSR count). The molecule has 2 bridgehead atoms. The summed E-state index contributed by atoms with van der Waals surface area (Å²) in [5.41, 5.74) is -1.38. The van der Waals surface area contributed by atoms with Gasteiger partial charge in [-0.3, -0.25) is 19.2 Å². The van der Waals surface area contributed by atoms with Crippen LogP contribution < -0.4 is 4.90 Å². The molecule has 0 unspecified atom stereocenters. The molecule has 152 valence electrons. The number of rotatable bonds is 4. The Hall–Kier alpha value is -2.42. The largest absolute Gasteiger partial charge is 0.422 e. The molecule has 29 heavy (non-hydrogen) atoms. The Bertz CT molecular complexity index is 941. The van der Waals surface area contributed by atoms with Crippen molar-refractivity contribution >= 4 is 52.6 Å². The number of esters is 2. The molecule has 0 spiro atoms. The summed E-state index contributed by atoms with van der Waals surface area (Å²) in [4.78, 5) is 50.6. The summed E-state index contributed by atoms with van der Waals surface area (Å²) in [6.07, 6.45) is 0.855. The summed E-state index contributed by atoms with van der Waals surface area (Å²) in [7, 11) is 0. The summed E-state index contributed by atoms with van der Waals surface area (Å²) >= 11 is 12.0. The van der Waals surface area contributed by atoms with Crippen molar-refractivity contribution in [1.29, 1.82) is 0 Å². The van der Waals surface area contributed by atoms with Crippen LogP contribution in [-0.4, -0.2) is 41.7 Å². The van der Waals surface area contributed by atoms with Gasteiger partial charge in [0.2, 0.25) is 11.8 Å². The first kappa shape index (κ1) is 19.9. The third-order valence-corrected chi connectivity index (χ3v) is 5.53. The number of ether oxygens (including phenoxy) is 3. The van der Waals surface area contributed by atoms with Crippen LogP contribution in [0.1, 0.15) is 13.8 Å². The molecule has 3 heterocycles. The Morgan fingerprint density at radius 3 is 2.21 bits per heavy atom. The number of amides is 2. The second-order valence-corrected chi connectivity index (χ2v) is 7.86. The van der Waals surface area contributed by atoms with E-state index in [-0.39, 0.29) is 15.7 Å². The molecular formula is C19H15Cl2NO7. The molecule has 0 saturated carbocycles. The van der Waals surface area contributed by atoms with Gasteiger partial charge in [-0.1, -0.05) is 29.3 Å². The molecule has 3 aliphatic rings. The van der Waals surface area contributed by atoms with Gasteiger partial charge in [-0.15, -0.1) is 0 Å². The molecule has 0 N–H and O–H groups in total. The maximum absolute atomic E-state index is 13.3. The Labute approximate surface area is 175 Å². The zero-order valence-electron chi connectivity index (χ0n) is 15.3. The molecule has 0 aliphatic carbocycles. The fourth-order valence-corrected chi connectivity index (χ4v) is 4.65. The van der Waals surface area contributed by atoms with Crippen LogP contribution >= 0.6 is 23.2 Å². The third-order valence-electron chi connectivity index (χ3n) is 5.10. The minimum absolute atomic E-state index is 0.220. The van der Waals surface area contributed by atoms with E-state index < -0.39 is 53.6 Å². The molecule has 1 aromatic carbocycles. The van der Waals surface area contributed by atoms with Crippen molar-refractivity contribution in [3.8, 4) is 0 Å². The fourth-order valence-electron chi connectivity index (χ4n) is 4.14. The topological polar surface area (TPSA) is 99.2 Å². The van der Waals surface area contributed by atoms with Crippen LogP contribution in [0.4, 0.5) is 5.69 Å². The van der Waals surface area contributed by atoms with Crippen molar-refractivity contribution < 1.29 is 33.4 Å². The number of nitrogens with zero attached hydrogens (tertiary/aromatic N) is 1. The normalized spacial score (nSPS) is 29.6. The van der Waals surface area contributed by atoms with Crippen molar-refractivity contribution in [3.63, 3.8) is 0 Å². The molecule has 0 radical (unpaired) electrons. The molecule has 1 aromatic rings. The van der Waals surface area contributed by atoms with E-state index in [1.54, 1.807) is 6.08 Å². The van der Waals surface area contributed by atoms with Crippen molar-refractivity contribution in [3.05, 3.63) is 40.4 Å². The predicted octanol–water partition coefficient (Wildman–Crippen LogP) is 2.26. The zero-order chi connectivity index (χ0) is 21.1. The van der Waals surface area contributed by atoms with Gasteiger partial charge in [0.05, 0.1) is 23.6 Å². The number of halogens is 2. The number of hydrogen-bond acceptors (Lipinski definition) is 7. The smallest absolute Gasteiger partial charge is 0.305 e. The van der Waals surface area contributed by atoms with Crippen LogP contribution in [0.3, 0.4) is 0 Å². The first-order chi connectivity index (χ1) is 13.6. The molecule has 2 saturated heterocycles. The van der Waals surface area contributed by atoms with Gasteiger partial charge in [0.1, 0.15) is 0 Å². The molecule has 3 aliphatic heterocycles. The van der Waals surface area contributed by atoms with E-state index in [0.29, 0.717) is 0 Å². The highest BCUT2D eigenvalue weighted by Crippen LogP contribution is 2.54. The summed E-state index contributed by atoms with van der Waals surface area (Å²) < 4.78 is 16.2. The van der Waals surface area contributed by atoms with Crippen molar-refractivity contribution in [2.75, 3.05) is 4.90 Å². The fraction of sp³-hybridized carbons (Fsp3) is 0.368. The number of carbonyl (C=O) groups excluding carboxylic acids is 4. The van der Waals surface area contributed by atoms with Gasteiger partial charge < -0.3 is 14.2 Å². The maximum Gasteiger partial charge on any atom is 0.305 e. The number of hydrogen-bond donors (Lipinski definition) is 0. The summed E-state index contributed by atoms with van der Waals surface area (Å²) in [6.45, 7) is 2.27. The summed E-state index contributed by atoms with van der Waals surface area (Å²) in [5, 5.41) is 0.518. The minimum Gasteiger partial charge on any atom is -0.422 e. The molecule has 0 aromatic heterocycles. The van der Waals surface area contributed by atoms with Crippen LogP contribution in [0, 0.1) is 11.8 Å². The average Bonchev–Trinajstić information content (AvgIpc) is 3.24. The van der Waals surface area contributed by atoms with Crippen LogP contribution in [0.2, 0.25) is 10.0 Å². The van der Waals surface area contributed by atoms with Gasteiger partial charge in [-0.05, 0) is 24.3 Å². The molecule has 2 fully saturated rings. The first-order valence-corrected chi connectivity index (χ1v) is 9.45. The second-order valence-electron chi connectivity index (χ2n) is 6.99. The number of benzene rings is 1. The SMILES string of the molecule is CC(=O)OC(OC(C)=O)[C@@]12C=C[C@@H](O1)[C@H]1C(=O)N(c3cc(Cl)cc(Cl)c3)C(=O)[C@H]12. The van der Waals surface area contributed by atoms with E-state index in [1.165, 1.54) is 24.3 Å². The lowest BCUT2D eigenvalue weighted by molar-refractivity contribution is -0.226. The minimum atomic E-state index is -1.60. The molecular weight excluding hydrogens is 425 g/mol. The van der Waals surface area contributed by atoms with Gasteiger partial charge in [-0.2, -0.15) is 0 Å². The van der Waals surface area contributed by atoms with Crippen molar-refractivity contribution in [1.82, 2.24) is 0 Å². The van der Waals surface area contributed by atoms with Crippen LogP contribution in [0.15, 0.2) is 30.4 Å². The molecule has 10 heteroatoms. The lowest BCUT2D eigenvalue weighted by atomic mass is 9.76. The number of anilines is 1. The van der Waals surface area contributed by atoms with Crippen LogP contribution in [0.5, 0.6) is 0 Å².